The lowest BCUT2D eigenvalue weighted by atomic mass is 10.1. The van der Waals surface area contributed by atoms with E-state index in [1.807, 2.05) is 0 Å². The highest BCUT2D eigenvalue weighted by Gasteiger charge is 2.49. The lowest BCUT2D eigenvalue weighted by Crippen LogP contribution is -2.57. The maximum Gasteiger partial charge on any atom is 0.338 e. The van der Waals surface area contributed by atoms with Crippen LogP contribution in [0.25, 0.3) is 16.9 Å². The lowest BCUT2D eigenvalue weighted by Gasteiger charge is -2.32. The minimum Gasteiger partial charge on any atom is -0.479 e. The zero-order valence-electron chi connectivity index (χ0n) is 20.6. The van der Waals surface area contributed by atoms with Crippen molar-refractivity contribution < 1.29 is 28.9 Å². The van der Waals surface area contributed by atoms with Crippen LogP contribution < -0.4 is 15.0 Å². The summed E-state index contributed by atoms with van der Waals surface area (Å²) in [6, 6.07) is 16.2. The summed E-state index contributed by atoms with van der Waals surface area (Å²) in [5.41, 5.74) is 9.25. The number of carboxylic acids is 1. The summed E-state index contributed by atoms with van der Waals surface area (Å²) in [5.74, 6) is -1.65. The largest absolute Gasteiger partial charge is 0.479 e. The third-order valence-electron chi connectivity index (χ3n) is 6.84. The fourth-order valence-corrected chi connectivity index (χ4v) is 4.91. The Bertz CT molecular complexity index is 1510. The number of quaternary nitrogens is 1. The first-order valence-electron chi connectivity index (χ1n) is 12.1. The summed E-state index contributed by atoms with van der Waals surface area (Å²) in [6.45, 7) is 1.70. The van der Waals surface area contributed by atoms with Crippen LogP contribution in [-0.4, -0.2) is 61.9 Å². The van der Waals surface area contributed by atoms with E-state index in [-0.39, 0.29) is 35.7 Å². The normalized spacial score (nSPS) is 20.9. The number of aliphatic hydroxyl groups excluding tert-OH is 1. The van der Waals surface area contributed by atoms with Crippen LogP contribution in [0.15, 0.2) is 66.9 Å². The van der Waals surface area contributed by atoms with E-state index in [1.54, 1.807) is 66.2 Å². The third kappa shape index (κ3) is 4.74. The van der Waals surface area contributed by atoms with Crippen molar-refractivity contribution in [1.29, 1.82) is 0 Å². The van der Waals surface area contributed by atoms with Gasteiger partial charge in [0, 0.05) is 23.8 Å². The lowest BCUT2D eigenvalue weighted by molar-refractivity contribution is -0.148. The highest BCUT2D eigenvalue weighted by atomic mass is 19.1. The number of ether oxygens (including phenoxy) is 1. The number of carbonyl (C=O) groups excluding carboxylic acids is 1. The number of fused-ring (bicyclic) bond motifs is 1. The molecule has 1 fully saturated rings. The zero-order chi connectivity index (χ0) is 27.0. The molecule has 1 aliphatic heterocycles. The second kappa shape index (κ2) is 9.93. The van der Waals surface area contributed by atoms with E-state index in [9.17, 15) is 24.2 Å². The van der Waals surface area contributed by atoms with E-state index in [0.717, 1.165) is 5.56 Å². The molecule has 11 heteroatoms. The molecule has 4 atom stereocenters. The van der Waals surface area contributed by atoms with Crippen molar-refractivity contribution >= 4 is 23.2 Å². The average Bonchev–Trinajstić information content (AvgIpc) is 3.43. The van der Waals surface area contributed by atoms with Crippen molar-refractivity contribution in [2.75, 3.05) is 13.1 Å². The molecule has 0 saturated carbocycles. The molecule has 4 aromatic rings. The Balaban J connectivity index is 1.44. The Morgan fingerprint density at radius 3 is 2.66 bits per heavy atom. The van der Waals surface area contributed by atoms with Crippen molar-refractivity contribution in [1.82, 2.24) is 19.1 Å². The number of benzene rings is 2. The molecule has 2 aromatic carbocycles. The van der Waals surface area contributed by atoms with E-state index in [1.165, 1.54) is 12.1 Å². The van der Waals surface area contributed by atoms with Crippen LogP contribution in [0.3, 0.4) is 0 Å². The van der Waals surface area contributed by atoms with E-state index >= 15 is 0 Å². The molecular weight excluding hydrogens is 493 g/mol. The summed E-state index contributed by atoms with van der Waals surface area (Å²) in [4.78, 5) is 28.7. The van der Waals surface area contributed by atoms with Crippen LogP contribution in [0, 0.1) is 5.82 Å². The number of imidazole rings is 1. The van der Waals surface area contributed by atoms with Gasteiger partial charge in [0.1, 0.15) is 30.7 Å². The van der Waals surface area contributed by atoms with Crippen molar-refractivity contribution in [3.05, 3.63) is 78.2 Å². The SMILES string of the molecule is C[C@@H](Oc1ccc2ncc(-c3ccc([N+]4(CC(O)C(=O)O)C[C@@H](N)CC4=O)cc3)n2n1)c1cccc(F)c1. The quantitative estimate of drug-likeness (QED) is 0.301. The first-order chi connectivity index (χ1) is 18.2. The number of amides is 1. The molecule has 5 rings (SSSR count). The van der Waals surface area contributed by atoms with Gasteiger partial charge < -0.3 is 20.7 Å². The van der Waals surface area contributed by atoms with Crippen LogP contribution in [0.4, 0.5) is 10.1 Å². The smallest absolute Gasteiger partial charge is 0.338 e. The van der Waals surface area contributed by atoms with Crippen LogP contribution in [0.1, 0.15) is 25.0 Å². The van der Waals surface area contributed by atoms with Crippen LogP contribution >= 0.6 is 0 Å². The molecule has 0 bridgehead atoms. The van der Waals surface area contributed by atoms with Gasteiger partial charge in [-0.2, -0.15) is 0 Å². The second-order valence-corrected chi connectivity index (χ2v) is 9.49. The number of carbonyl (C=O) groups is 2. The first-order valence-corrected chi connectivity index (χ1v) is 12.1. The molecule has 1 amide bonds. The number of nitrogens with zero attached hydrogens (tertiary/aromatic N) is 4. The number of carboxylic acid groups (broad SMARTS) is 1. The maximum atomic E-state index is 13.6. The highest BCUT2D eigenvalue weighted by molar-refractivity contribution is 5.92. The topological polar surface area (TPSA) is 140 Å². The Morgan fingerprint density at radius 2 is 2.00 bits per heavy atom. The summed E-state index contributed by atoms with van der Waals surface area (Å²) < 4.78 is 20.9. The molecule has 3 heterocycles. The minimum absolute atomic E-state index is 0.0993. The molecule has 1 saturated heterocycles. The number of hydrogen-bond donors (Lipinski definition) is 3. The number of hydrogen-bond acceptors (Lipinski definition) is 7. The summed E-state index contributed by atoms with van der Waals surface area (Å²) in [5, 5.41) is 23.8. The summed E-state index contributed by atoms with van der Waals surface area (Å²) in [6.07, 6.45) is -0.387. The molecule has 38 heavy (non-hydrogen) atoms. The highest BCUT2D eigenvalue weighted by Crippen LogP contribution is 2.33. The van der Waals surface area contributed by atoms with Gasteiger partial charge in [-0.05, 0) is 42.8 Å². The molecule has 196 valence electrons. The van der Waals surface area contributed by atoms with E-state index in [0.29, 0.717) is 28.5 Å². The van der Waals surface area contributed by atoms with Gasteiger partial charge in [-0.25, -0.2) is 28.0 Å². The fraction of sp³-hybridized carbons (Fsp3) is 0.259. The van der Waals surface area contributed by atoms with Gasteiger partial charge in [-0.1, -0.05) is 12.1 Å². The van der Waals surface area contributed by atoms with Crippen molar-refractivity contribution in [3.63, 3.8) is 0 Å². The van der Waals surface area contributed by atoms with Crippen molar-refractivity contribution in [3.8, 4) is 17.1 Å². The molecule has 0 aliphatic carbocycles. The number of aromatic nitrogens is 3. The molecule has 4 N–H and O–H groups in total. The Morgan fingerprint density at radius 1 is 1.24 bits per heavy atom. The van der Waals surface area contributed by atoms with Gasteiger partial charge >= 0.3 is 11.9 Å². The molecular formula is C27H27FN5O5+. The molecule has 1 aliphatic rings. The van der Waals surface area contributed by atoms with Crippen LogP contribution in [0.5, 0.6) is 5.88 Å². The van der Waals surface area contributed by atoms with Gasteiger partial charge in [0.2, 0.25) is 12.0 Å². The maximum absolute atomic E-state index is 13.6. The van der Waals surface area contributed by atoms with Crippen LogP contribution in [0.2, 0.25) is 0 Å². The minimum atomic E-state index is -1.71. The van der Waals surface area contributed by atoms with Gasteiger partial charge in [0.25, 0.3) is 0 Å². The second-order valence-electron chi connectivity index (χ2n) is 9.49. The zero-order valence-corrected chi connectivity index (χ0v) is 20.6. The molecule has 0 radical (unpaired) electrons. The third-order valence-corrected chi connectivity index (χ3v) is 6.84. The average molecular weight is 521 g/mol. The molecule has 2 aromatic heterocycles. The molecule has 10 nitrogen and oxygen atoms in total. The summed E-state index contributed by atoms with van der Waals surface area (Å²) in [7, 11) is 0. The number of rotatable bonds is 8. The standard InChI is InChI=1S/C27H26FN5O5/c1-16(18-3-2-4-19(28)11-18)38-25-10-9-24-30-13-22(32(24)31-25)17-5-7-21(8-6-17)33(15-23(34)27(36)37)14-20(29)12-26(33)35/h2-11,13,16,20,23,34H,12,14-15,29H2,1H3/p+1/t16-,20+,23?,33?/m1/s1. The Labute approximate surface area is 217 Å². The van der Waals surface area contributed by atoms with E-state index < -0.39 is 24.2 Å². The van der Waals surface area contributed by atoms with E-state index in [4.69, 9.17) is 10.5 Å². The monoisotopic (exact) mass is 520 g/mol. The Hall–Kier alpha value is -4.19. The predicted octanol–water partition coefficient (Wildman–Crippen LogP) is 2.69. The van der Waals surface area contributed by atoms with Gasteiger partial charge in [0.05, 0.1) is 24.4 Å². The number of likely N-dealkylation sites (tertiary alicyclic amines) is 1. The van der Waals surface area contributed by atoms with E-state index in [2.05, 4.69) is 10.1 Å². The number of nitrogens with two attached hydrogens (primary N) is 1. The molecule has 0 spiro atoms. The number of aliphatic carboxylic acids is 1. The van der Waals surface area contributed by atoms with Crippen LogP contribution in [-0.2, 0) is 9.59 Å². The number of halogens is 1. The van der Waals surface area contributed by atoms with Crippen molar-refractivity contribution in [2.24, 2.45) is 5.73 Å². The number of aliphatic hydroxyl groups is 1. The Kier molecular flexibility index (Phi) is 6.66. The first kappa shape index (κ1) is 25.5. The molecule has 2 unspecified atom stereocenters. The van der Waals surface area contributed by atoms with Gasteiger partial charge in [-0.3, -0.25) is 0 Å². The van der Waals surface area contributed by atoms with Crippen molar-refractivity contribution in [2.45, 2.75) is 31.6 Å². The summed E-state index contributed by atoms with van der Waals surface area (Å²) >= 11 is 0. The van der Waals surface area contributed by atoms with Gasteiger partial charge in [-0.15, -0.1) is 5.10 Å². The fourth-order valence-electron chi connectivity index (χ4n) is 4.91. The predicted molar refractivity (Wildman–Crippen MR) is 137 cm³/mol. The van der Waals surface area contributed by atoms with Gasteiger partial charge in [0.15, 0.2) is 5.65 Å².